The van der Waals surface area contributed by atoms with Crippen molar-refractivity contribution < 1.29 is 0 Å². The van der Waals surface area contributed by atoms with Crippen molar-refractivity contribution in [2.75, 3.05) is 5.73 Å². The van der Waals surface area contributed by atoms with Crippen molar-refractivity contribution >= 4 is 5.82 Å². The lowest BCUT2D eigenvalue weighted by Crippen LogP contribution is -2.01. The number of aromatic amines is 1. The van der Waals surface area contributed by atoms with Crippen LogP contribution in [0.3, 0.4) is 0 Å². The fraction of sp³-hybridized carbons (Fsp3) is 0.500. The first-order chi connectivity index (χ1) is 10.1. The molecule has 0 saturated carbocycles. The summed E-state index contributed by atoms with van der Waals surface area (Å²) in [7, 11) is 0. The number of hydrogen-bond donors (Lipinski definition) is 2. The normalized spacial score (nSPS) is 11.3. The monoisotopic (exact) mass is 285 g/mol. The Kier molecular flexibility index (Phi) is 5.05. The molecule has 2 rings (SSSR count). The number of hydrogen-bond acceptors (Lipinski definition) is 2. The number of aromatic nitrogens is 2. The van der Waals surface area contributed by atoms with Gasteiger partial charge in [0.15, 0.2) is 5.82 Å². The zero-order valence-corrected chi connectivity index (χ0v) is 13.7. The maximum absolute atomic E-state index is 6.15. The summed E-state index contributed by atoms with van der Waals surface area (Å²) < 4.78 is 0. The van der Waals surface area contributed by atoms with Crippen LogP contribution in [0.25, 0.3) is 11.1 Å². The molecule has 0 saturated heterocycles. The predicted molar refractivity (Wildman–Crippen MR) is 90.5 cm³/mol. The molecular formula is C18H27N3. The molecule has 0 aliphatic heterocycles. The van der Waals surface area contributed by atoms with Crippen LogP contribution in [0.5, 0.6) is 0 Å². The van der Waals surface area contributed by atoms with Gasteiger partial charge in [0.1, 0.15) is 0 Å². The van der Waals surface area contributed by atoms with Crippen LogP contribution in [0.15, 0.2) is 18.2 Å². The third-order valence-corrected chi connectivity index (χ3v) is 4.30. The van der Waals surface area contributed by atoms with Gasteiger partial charge in [0.2, 0.25) is 0 Å². The van der Waals surface area contributed by atoms with Crippen molar-refractivity contribution in [3.05, 3.63) is 35.0 Å². The van der Waals surface area contributed by atoms with E-state index in [4.69, 9.17) is 5.73 Å². The first-order valence-electron chi connectivity index (χ1n) is 7.99. The van der Waals surface area contributed by atoms with Crippen molar-refractivity contribution in [1.82, 2.24) is 10.2 Å². The fourth-order valence-corrected chi connectivity index (χ4v) is 3.00. The molecule has 3 nitrogen and oxygen atoms in total. The Labute approximate surface area is 128 Å². The summed E-state index contributed by atoms with van der Waals surface area (Å²) in [5, 5.41) is 7.48. The van der Waals surface area contributed by atoms with E-state index >= 15 is 0 Å². The smallest absolute Gasteiger partial charge is 0.153 e. The van der Waals surface area contributed by atoms with E-state index in [9.17, 15) is 0 Å². The van der Waals surface area contributed by atoms with Gasteiger partial charge in [-0.15, -0.1) is 0 Å². The summed E-state index contributed by atoms with van der Waals surface area (Å²) in [6.45, 7) is 8.75. The highest BCUT2D eigenvalue weighted by Gasteiger charge is 2.20. The Morgan fingerprint density at radius 3 is 2.33 bits per heavy atom. The largest absolute Gasteiger partial charge is 0.382 e. The van der Waals surface area contributed by atoms with Gasteiger partial charge in [-0.05, 0) is 43.4 Å². The summed E-state index contributed by atoms with van der Waals surface area (Å²) >= 11 is 0. The quantitative estimate of drug-likeness (QED) is 0.788. The molecule has 3 heteroatoms. The molecule has 1 heterocycles. The Morgan fingerprint density at radius 1 is 1.10 bits per heavy atom. The SMILES string of the molecule is CCCC(CCC)c1[nH]nc(N)c1-c1ccc(C)c(C)c1. The molecule has 0 aliphatic carbocycles. The molecule has 1 aromatic heterocycles. The topological polar surface area (TPSA) is 54.7 Å². The van der Waals surface area contributed by atoms with E-state index in [-0.39, 0.29) is 0 Å². The molecule has 0 atom stereocenters. The average molecular weight is 285 g/mol. The number of nitrogens with zero attached hydrogens (tertiary/aromatic N) is 1. The van der Waals surface area contributed by atoms with Crippen molar-refractivity contribution in [2.45, 2.75) is 59.3 Å². The predicted octanol–water partition coefficient (Wildman–Crippen LogP) is 4.96. The minimum absolute atomic E-state index is 0.515. The first-order valence-corrected chi connectivity index (χ1v) is 7.99. The van der Waals surface area contributed by atoms with Crippen molar-refractivity contribution in [2.24, 2.45) is 0 Å². The van der Waals surface area contributed by atoms with Crippen molar-refractivity contribution in [3.8, 4) is 11.1 Å². The van der Waals surface area contributed by atoms with E-state index in [1.807, 2.05) is 0 Å². The molecular weight excluding hydrogens is 258 g/mol. The number of rotatable bonds is 6. The molecule has 1 aromatic carbocycles. The molecule has 0 spiro atoms. The van der Waals surface area contributed by atoms with Crippen LogP contribution in [0.1, 0.15) is 62.3 Å². The number of benzene rings is 1. The third kappa shape index (κ3) is 3.29. The lowest BCUT2D eigenvalue weighted by atomic mass is 9.89. The Balaban J connectivity index is 2.47. The summed E-state index contributed by atoms with van der Waals surface area (Å²) in [4.78, 5) is 0. The second-order valence-corrected chi connectivity index (χ2v) is 5.97. The molecule has 0 amide bonds. The van der Waals surface area contributed by atoms with Crippen LogP contribution in [-0.4, -0.2) is 10.2 Å². The molecule has 3 N–H and O–H groups in total. The number of aryl methyl sites for hydroxylation is 2. The number of nitrogen functional groups attached to an aromatic ring is 1. The summed E-state index contributed by atoms with van der Waals surface area (Å²) in [6.07, 6.45) is 4.70. The van der Waals surface area contributed by atoms with Crippen LogP contribution in [-0.2, 0) is 0 Å². The fourth-order valence-electron chi connectivity index (χ4n) is 3.00. The lowest BCUT2D eigenvalue weighted by Gasteiger charge is -2.16. The molecule has 0 fully saturated rings. The molecule has 0 bridgehead atoms. The number of anilines is 1. The molecule has 21 heavy (non-hydrogen) atoms. The van der Waals surface area contributed by atoms with Crippen LogP contribution in [0, 0.1) is 13.8 Å². The number of nitrogens with two attached hydrogens (primary N) is 1. The maximum Gasteiger partial charge on any atom is 0.153 e. The van der Waals surface area contributed by atoms with Gasteiger partial charge < -0.3 is 5.73 Å². The number of H-pyrrole nitrogens is 1. The van der Waals surface area contributed by atoms with Crippen LogP contribution in [0.2, 0.25) is 0 Å². The van der Waals surface area contributed by atoms with E-state index in [2.05, 4.69) is 56.1 Å². The highest BCUT2D eigenvalue weighted by atomic mass is 15.2. The average Bonchev–Trinajstić information content (AvgIpc) is 2.83. The molecule has 114 valence electrons. The standard InChI is InChI=1S/C18H27N3/c1-5-7-14(8-6-2)17-16(18(19)21-20-17)15-10-9-12(3)13(4)11-15/h9-11,14H,5-8H2,1-4H3,(H3,19,20,21). The van der Waals surface area contributed by atoms with Gasteiger partial charge in [0, 0.05) is 17.2 Å². The van der Waals surface area contributed by atoms with E-state index < -0.39 is 0 Å². The zero-order chi connectivity index (χ0) is 15.4. The molecule has 0 aliphatic rings. The summed E-state index contributed by atoms with van der Waals surface area (Å²) in [5.74, 6) is 1.13. The minimum Gasteiger partial charge on any atom is -0.382 e. The highest BCUT2D eigenvalue weighted by Crippen LogP contribution is 2.37. The third-order valence-electron chi connectivity index (χ3n) is 4.30. The molecule has 0 unspecified atom stereocenters. The minimum atomic E-state index is 0.515. The van der Waals surface area contributed by atoms with Gasteiger partial charge >= 0.3 is 0 Å². The zero-order valence-electron chi connectivity index (χ0n) is 13.7. The Hall–Kier alpha value is -1.77. The van der Waals surface area contributed by atoms with Gasteiger partial charge in [-0.2, -0.15) is 5.10 Å². The Bertz CT molecular complexity index is 593. The van der Waals surface area contributed by atoms with Crippen molar-refractivity contribution in [1.29, 1.82) is 0 Å². The summed E-state index contributed by atoms with van der Waals surface area (Å²) in [6, 6.07) is 6.53. The lowest BCUT2D eigenvalue weighted by molar-refractivity contribution is 0.548. The first kappa shape index (κ1) is 15.6. The van der Waals surface area contributed by atoms with E-state index in [0.717, 1.165) is 5.56 Å². The van der Waals surface area contributed by atoms with Crippen molar-refractivity contribution in [3.63, 3.8) is 0 Å². The van der Waals surface area contributed by atoms with Crippen LogP contribution >= 0.6 is 0 Å². The second kappa shape index (κ2) is 6.79. The summed E-state index contributed by atoms with van der Waals surface area (Å²) in [5.41, 5.74) is 12.2. The van der Waals surface area contributed by atoms with Gasteiger partial charge in [-0.3, -0.25) is 5.10 Å². The van der Waals surface area contributed by atoms with Gasteiger partial charge in [0.05, 0.1) is 0 Å². The Morgan fingerprint density at radius 2 is 1.76 bits per heavy atom. The highest BCUT2D eigenvalue weighted by molar-refractivity contribution is 5.77. The molecule has 2 aromatic rings. The van der Waals surface area contributed by atoms with Gasteiger partial charge in [-0.1, -0.05) is 44.9 Å². The molecule has 0 radical (unpaired) electrons. The van der Waals surface area contributed by atoms with E-state index in [1.54, 1.807) is 0 Å². The van der Waals surface area contributed by atoms with E-state index in [1.165, 1.54) is 48.1 Å². The van der Waals surface area contributed by atoms with Crippen LogP contribution in [0.4, 0.5) is 5.82 Å². The van der Waals surface area contributed by atoms with Crippen LogP contribution < -0.4 is 5.73 Å². The van der Waals surface area contributed by atoms with E-state index in [0.29, 0.717) is 11.7 Å². The maximum atomic E-state index is 6.15. The van der Waals surface area contributed by atoms with Gasteiger partial charge in [-0.25, -0.2) is 0 Å². The second-order valence-electron chi connectivity index (χ2n) is 5.97. The van der Waals surface area contributed by atoms with Gasteiger partial charge in [0.25, 0.3) is 0 Å². The number of nitrogens with one attached hydrogen (secondary N) is 1.